The second kappa shape index (κ2) is 5.79. The van der Waals surface area contributed by atoms with E-state index in [0.29, 0.717) is 16.8 Å². The van der Waals surface area contributed by atoms with Crippen LogP contribution >= 0.6 is 15.9 Å². The van der Waals surface area contributed by atoms with E-state index in [2.05, 4.69) is 26.2 Å². The molecule has 0 bridgehead atoms. The van der Waals surface area contributed by atoms with Crippen LogP contribution in [-0.4, -0.2) is 32.7 Å². The third-order valence-corrected chi connectivity index (χ3v) is 2.64. The first-order valence-electron chi connectivity index (χ1n) is 5.27. The van der Waals surface area contributed by atoms with E-state index in [1.54, 1.807) is 6.07 Å². The summed E-state index contributed by atoms with van der Waals surface area (Å²) in [6, 6.07) is 4.21. The Kier molecular flexibility index (Phi) is 4.10. The van der Waals surface area contributed by atoms with Crippen LogP contribution in [0.3, 0.4) is 0 Å². The van der Waals surface area contributed by atoms with E-state index in [4.69, 9.17) is 9.84 Å². The predicted molar refractivity (Wildman–Crippen MR) is 66.6 cm³/mol. The van der Waals surface area contributed by atoms with Crippen LogP contribution in [0.15, 0.2) is 28.9 Å². The van der Waals surface area contributed by atoms with E-state index in [1.807, 2.05) is 0 Å². The fourth-order valence-corrected chi connectivity index (χ4v) is 1.82. The van der Waals surface area contributed by atoms with Crippen LogP contribution < -0.4 is 4.74 Å². The Labute approximate surface area is 115 Å². The largest absolute Gasteiger partial charge is 0.492 e. The molecule has 0 fully saturated rings. The molecular weight excluding hydrogens is 321 g/mol. The van der Waals surface area contributed by atoms with Crippen molar-refractivity contribution >= 4 is 21.9 Å². The summed E-state index contributed by atoms with van der Waals surface area (Å²) in [5.41, 5.74) is -0.131. The van der Waals surface area contributed by atoms with E-state index in [9.17, 15) is 9.18 Å². The lowest BCUT2D eigenvalue weighted by atomic mass is 10.3. The molecule has 1 aromatic heterocycles. The van der Waals surface area contributed by atoms with Gasteiger partial charge in [0.05, 0.1) is 12.7 Å². The molecule has 2 aromatic rings. The highest BCUT2D eigenvalue weighted by atomic mass is 79.9. The summed E-state index contributed by atoms with van der Waals surface area (Å²) in [5.74, 6) is -1.16. The Hall–Kier alpha value is -1.96. The van der Waals surface area contributed by atoms with E-state index < -0.39 is 11.8 Å². The highest BCUT2D eigenvalue weighted by Gasteiger charge is 2.08. The predicted octanol–water partition coefficient (Wildman–Crippen LogP) is 1.96. The number of aromatic carboxylic acids is 1. The van der Waals surface area contributed by atoms with Gasteiger partial charge in [0.25, 0.3) is 0 Å². The van der Waals surface area contributed by atoms with Crippen LogP contribution in [-0.2, 0) is 6.54 Å². The molecule has 6 nitrogen and oxygen atoms in total. The molecule has 0 aliphatic rings. The maximum absolute atomic E-state index is 13.1. The van der Waals surface area contributed by atoms with Crippen molar-refractivity contribution < 1.29 is 19.0 Å². The summed E-state index contributed by atoms with van der Waals surface area (Å²) < 4.78 is 20.3. The van der Waals surface area contributed by atoms with Gasteiger partial charge in [-0.2, -0.15) is 0 Å². The first kappa shape index (κ1) is 13.5. The molecule has 0 saturated heterocycles. The Balaban J connectivity index is 1.90. The number of carboxylic acids is 1. The summed E-state index contributed by atoms with van der Waals surface area (Å²) in [5, 5.41) is 15.8. The second-order valence-corrected chi connectivity index (χ2v) is 4.54. The van der Waals surface area contributed by atoms with Gasteiger partial charge in [0.15, 0.2) is 5.69 Å². The monoisotopic (exact) mass is 329 g/mol. The topological polar surface area (TPSA) is 77.2 Å². The minimum Gasteiger partial charge on any atom is -0.492 e. The van der Waals surface area contributed by atoms with Crippen LogP contribution in [0, 0.1) is 5.82 Å². The zero-order valence-electron chi connectivity index (χ0n) is 9.58. The molecule has 0 aliphatic heterocycles. The molecule has 0 unspecified atom stereocenters. The minimum absolute atomic E-state index is 0.131. The van der Waals surface area contributed by atoms with Gasteiger partial charge >= 0.3 is 5.97 Å². The maximum Gasteiger partial charge on any atom is 0.358 e. The molecule has 0 radical (unpaired) electrons. The van der Waals surface area contributed by atoms with Crippen molar-refractivity contribution in [1.29, 1.82) is 0 Å². The number of rotatable bonds is 5. The lowest BCUT2D eigenvalue weighted by Crippen LogP contribution is -2.09. The van der Waals surface area contributed by atoms with Crippen molar-refractivity contribution in [3.63, 3.8) is 0 Å². The zero-order valence-corrected chi connectivity index (χ0v) is 11.2. The summed E-state index contributed by atoms with van der Waals surface area (Å²) in [6.45, 7) is 0.534. The van der Waals surface area contributed by atoms with Gasteiger partial charge in [-0.1, -0.05) is 21.1 Å². The van der Waals surface area contributed by atoms with Crippen LogP contribution in [0.1, 0.15) is 10.5 Å². The van der Waals surface area contributed by atoms with Crippen molar-refractivity contribution in [2.75, 3.05) is 6.61 Å². The minimum atomic E-state index is -1.14. The highest BCUT2D eigenvalue weighted by molar-refractivity contribution is 9.10. The van der Waals surface area contributed by atoms with E-state index in [-0.39, 0.29) is 12.3 Å². The number of nitrogens with zero attached hydrogens (tertiary/aromatic N) is 3. The number of carbonyl (C=O) groups is 1. The first-order valence-corrected chi connectivity index (χ1v) is 6.06. The smallest absolute Gasteiger partial charge is 0.358 e. The van der Waals surface area contributed by atoms with Crippen LogP contribution in [0.4, 0.5) is 4.39 Å². The summed E-state index contributed by atoms with van der Waals surface area (Å²) >= 11 is 3.16. The third-order valence-electron chi connectivity index (χ3n) is 2.18. The Morgan fingerprint density at radius 2 is 2.26 bits per heavy atom. The molecule has 0 saturated carbocycles. The SMILES string of the molecule is O=C(O)c1cn(CCOc2cc(F)cc(Br)c2)nn1. The zero-order chi connectivity index (χ0) is 13.8. The lowest BCUT2D eigenvalue weighted by Gasteiger charge is -2.06. The highest BCUT2D eigenvalue weighted by Crippen LogP contribution is 2.20. The lowest BCUT2D eigenvalue weighted by molar-refractivity contribution is 0.0690. The molecule has 19 heavy (non-hydrogen) atoms. The van der Waals surface area contributed by atoms with Crippen LogP contribution in [0.25, 0.3) is 0 Å². The van der Waals surface area contributed by atoms with Gasteiger partial charge in [0.2, 0.25) is 0 Å². The van der Waals surface area contributed by atoms with Gasteiger partial charge in [0.1, 0.15) is 18.2 Å². The number of benzene rings is 1. The van der Waals surface area contributed by atoms with Crippen LogP contribution in [0.5, 0.6) is 5.75 Å². The van der Waals surface area contributed by atoms with Gasteiger partial charge in [-0.25, -0.2) is 13.9 Å². The molecule has 0 aliphatic carbocycles. The van der Waals surface area contributed by atoms with Gasteiger partial charge < -0.3 is 9.84 Å². The molecule has 0 amide bonds. The number of carboxylic acid groups (broad SMARTS) is 1. The first-order chi connectivity index (χ1) is 9.04. The fraction of sp³-hybridized carbons (Fsp3) is 0.182. The van der Waals surface area contributed by atoms with Gasteiger partial charge in [-0.15, -0.1) is 5.10 Å². The summed E-state index contributed by atoms with van der Waals surface area (Å²) in [4.78, 5) is 10.6. The van der Waals surface area contributed by atoms with Crippen molar-refractivity contribution in [2.24, 2.45) is 0 Å². The fourth-order valence-electron chi connectivity index (χ4n) is 1.37. The third kappa shape index (κ3) is 3.75. The Morgan fingerprint density at radius 1 is 1.47 bits per heavy atom. The average molecular weight is 330 g/mol. The van der Waals surface area contributed by atoms with Gasteiger partial charge in [-0.3, -0.25) is 0 Å². The number of hydrogen-bond acceptors (Lipinski definition) is 4. The maximum atomic E-state index is 13.1. The normalized spacial score (nSPS) is 10.4. The van der Waals surface area contributed by atoms with Crippen molar-refractivity contribution in [3.05, 3.63) is 40.4 Å². The molecule has 100 valence electrons. The number of halogens is 2. The number of aromatic nitrogens is 3. The van der Waals surface area contributed by atoms with Crippen molar-refractivity contribution in [2.45, 2.75) is 6.54 Å². The van der Waals surface area contributed by atoms with Crippen molar-refractivity contribution in [3.8, 4) is 5.75 Å². The van der Waals surface area contributed by atoms with E-state index >= 15 is 0 Å². The molecule has 2 rings (SSSR count). The van der Waals surface area contributed by atoms with Crippen LogP contribution in [0.2, 0.25) is 0 Å². The molecule has 8 heteroatoms. The molecular formula is C11H9BrFN3O3. The molecule has 1 N–H and O–H groups in total. The van der Waals surface area contributed by atoms with Gasteiger partial charge in [-0.05, 0) is 12.1 Å². The number of hydrogen-bond donors (Lipinski definition) is 1. The molecule has 1 aromatic carbocycles. The second-order valence-electron chi connectivity index (χ2n) is 3.63. The van der Waals surface area contributed by atoms with Crippen molar-refractivity contribution in [1.82, 2.24) is 15.0 Å². The quantitative estimate of drug-likeness (QED) is 0.907. The van der Waals surface area contributed by atoms with E-state index in [0.717, 1.165) is 0 Å². The Morgan fingerprint density at radius 3 is 2.89 bits per heavy atom. The molecule has 0 atom stereocenters. The summed E-state index contributed by atoms with van der Waals surface area (Å²) in [6.07, 6.45) is 1.30. The molecule has 0 spiro atoms. The van der Waals surface area contributed by atoms with Gasteiger partial charge in [0, 0.05) is 10.5 Å². The Bertz CT molecular complexity index is 582. The van der Waals surface area contributed by atoms with E-state index in [1.165, 1.54) is 23.0 Å². The standard InChI is InChI=1S/C11H9BrFN3O3/c12-7-3-8(13)5-9(4-7)19-2-1-16-6-10(11(17)18)14-15-16/h3-6H,1-2H2,(H,17,18). The number of ether oxygens (including phenoxy) is 1. The molecule has 1 heterocycles. The average Bonchev–Trinajstić information content (AvgIpc) is 2.76. The summed E-state index contributed by atoms with van der Waals surface area (Å²) in [7, 11) is 0.